The van der Waals surface area contributed by atoms with Crippen molar-refractivity contribution in [1.82, 2.24) is 4.98 Å². The molecule has 6 nitrogen and oxygen atoms in total. The smallest absolute Gasteiger partial charge is 0.303 e. The maximum absolute atomic E-state index is 11.6. The van der Waals surface area contributed by atoms with E-state index >= 15 is 0 Å². The lowest BCUT2D eigenvalue weighted by molar-refractivity contribution is -0.138. The van der Waals surface area contributed by atoms with E-state index in [9.17, 15) is 9.59 Å². The van der Waals surface area contributed by atoms with Gasteiger partial charge in [-0.1, -0.05) is 11.6 Å². The fourth-order valence-corrected chi connectivity index (χ4v) is 2.32. The molecule has 1 amide bonds. The van der Waals surface area contributed by atoms with Gasteiger partial charge in [-0.3, -0.25) is 9.59 Å². The van der Waals surface area contributed by atoms with Gasteiger partial charge in [0.1, 0.15) is 5.52 Å². The van der Waals surface area contributed by atoms with Crippen LogP contribution in [0, 0.1) is 0 Å². The first kappa shape index (κ1) is 16.0. The van der Waals surface area contributed by atoms with Gasteiger partial charge in [0.2, 0.25) is 11.8 Å². The van der Waals surface area contributed by atoms with Crippen molar-refractivity contribution < 1.29 is 19.1 Å². The number of carboxylic acid groups (broad SMARTS) is 1. The van der Waals surface area contributed by atoms with Crippen LogP contribution in [0.25, 0.3) is 22.6 Å². The van der Waals surface area contributed by atoms with Crippen molar-refractivity contribution in [2.24, 2.45) is 0 Å². The third-order valence-corrected chi connectivity index (χ3v) is 3.57. The predicted octanol–water partition coefficient (Wildman–Crippen LogP) is 3.95. The molecule has 122 valence electrons. The average molecular weight is 345 g/mol. The third kappa shape index (κ3) is 3.72. The second-order valence-corrected chi connectivity index (χ2v) is 5.59. The number of nitrogens with one attached hydrogen (secondary N) is 1. The number of anilines is 1. The molecule has 0 unspecified atom stereocenters. The van der Waals surface area contributed by atoms with Crippen LogP contribution in [-0.2, 0) is 9.59 Å². The van der Waals surface area contributed by atoms with Crippen molar-refractivity contribution >= 4 is 40.3 Å². The van der Waals surface area contributed by atoms with Gasteiger partial charge in [0.05, 0.1) is 6.42 Å². The molecule has 0 saturated carbocycles. The van der Waals surface area contributed by atoms with E-state index in [-0.39, 0.29) is 18.7 Å². The first-order valence-corrected chi connectivity index (χ1v) is 7.57. The molecule has 0 atom stereocenters. The van der Waals surface area contributed by atoms with Gasteiger partial charge in [-0.15, -0.1) is 0 Å². The highest BCUT2D eigenvalue weighted by molar-refractivity contribution is 6.31. The number of benzene rings is 2. The van der Waals surface area contributed by atoms with Gasteiger partial charge in [0.25, 0.3) is 0 Å². The Morgan fingerprint density at radius 3 is 2.58 bits per heavy atom. The molecular weight excluding hydrogens is 332 g/mol. The van der Waals surface area contributed by atoms with E-state index in [1.54, 1.807) is 42.5 Å². The number of carbonyl (C=O) groups excluding carboxylic acids is 1. The minimum Gasteiger partial charge on any atom is -0.481 e. The van der Waals surface area contributed by atoms with Crippen molar-refractivity contribution in [2.45, 2.75) is 12.8 Å². The van der Waals surface area contributed by atoms with Crippen LogP contribution in [-0.4, -0.2) is 22.0 Å². The number of amides is 1. The number of aromatic nitrogens is 1. The molecule has 0 spiro atoms. The SMILES string of the molecule is O=C(O)CCC(=O)Nc1ccc(-c2nc3ccc(Cl)cc3o2)cc1. The Morgan fingerprint density at radius 1 is 1.12 bits per heavy atom. The van der Waals surface area contributed by atoms with Gasteiger partial charge in [0.15, 0.2) is 5.58 Å². The molecule has 0 fully saturated rings. The topological polar surface area (TPSA) is 92.4 Å². The Hall–Kier alpha value is -2.86. The number of carboxylic acids is 1. The lowest BCUT2D eigenvalue weighted by Gasteiger charge is -2.04. The fourth-order valence-electron chi connectivity index (χ4n) is 2.16. The summed E-state index contributed by atoms with van der Waals surface area (Å²) in [4.78, 5) is 26.4. The van der Waals surface area contributed by atoms with Gasteiger partial charge in [-0.05, 0) is 36.4 Å². The molecule has 0 aliphatic heterocycles. The van der Waals surface area contributed by atoms with E-state index in [1.807, 2.05) is 0 Å². The Balaban J connectivity index is 1.73. The van der Waals surface area contributed by atoms with Gasteiger partial charge in [-0.25, -0.2) is 4.98 Å². The Bertz CT molecular complexity index is 903. The fraction of sp³-hybridized carbons (Fsp3) is 0.118. The molecule has 0 radical (unpaired) electrons. The number of aliphatic carboxylic acids is 1. The second kappa shape index (κ2) is 6.72. The standard InChI is InChI=1S/C17H13ClN2O4/c18-11-3-6-13-14(9-11)24-17(20-13)10-1-4-12(5-2-10)19-15(21)7-8-16(22)23/h1-6,9H,7-8H2,(H,19,21)(H,22,23). The lowest BCUT2D eigenvalue weighted by Crippen LogP contribution is -2.13. The van der Waals surface area contributed by atoms with Crippen LogP contribution in [0.15, 0.2) is 46.9 Å². The van der Waals surface area contributed by atoms with E-state index in [1.165, 1.54) is 0 Å². The normalized spacial score (nSPS) is 10.7. The molecule has 2 aromatic carbocycles. The van der Waals surface area contributed by atoms with Crippen LogP contribution >= 0.6 is 11.6 Å². The summed E-state index contributed by atoms with van der Waals surface area (Å²) in [5.41, 5.74) is 2.64. The third-order valence-electron chi connectivity index (χ3n) is 3.33. The molecule has 0 aliphatic carbocycles. The number of nitrogens with zero attached hydrogens (tertiary/aromatic N) is 1. The molecule has 0 saturated heterocycles. The number of fused-ring (bicyclic) bond motifs is 1. The van der Waals surface area contributed by atoms with Gasteiger partial charge in [0, 0.05) is 28.8 Å². The molecule has 24 heavy (non-hydrogen) atoms. The number of halogens is 1. The first-order chi connectivity index (χ1) is 11.5. The van der Waals surface area contributed by atoms with E-state index in [0.29, 0.717) is 27.7 Å². The van der Waals surface area contributed by atoms with Crippen molar-refractivity contribution in [3.05, 3.63) is 47.5 Å². The highest BCUT2D eigenvalue weighted by atomic mass is 35.5. The number of hydrogen-bond acceptors (Lipinski definition) is 4. The molecule has 3 rings (SSSR count). The molecular formula is C17H13ClN2O4. The summed E-state index contributed by atoms with van der Waals surface area (Å²) in [6.07, 6.45) is -0.266. The van der Waals surface area contributed by atoms with Crippen molar-refractivity contribution in [2.75, 3.05) is 5.32 Å². The summed E-state index contributed by atoms with van der Waals surface area (Å²) in [5.74, 6) is -0.894. The predicted molar refractivity (Wildman–Crippen MR) is 90.0 cm³/mol. The van der Waals surface area contributed by atoms with Crippen LogP contribution in [0.5, 0.6) is 0 Å². The Labute approximate surface area is 142 Å². The minimum atomic E-state index is -1.00. The van der Waals surface area contributed by atoms with Crippen LogP contribution in [0.4, 0.5) is 5.69 Å². The molecule has 0 bridgehead atoms. The van der Waals surface area contributed by atoms with Gasteiger partial charge >= 0.3 is 5.97 Å². The zero-order chi connectivity index (χ0) is 17.1. The zero-order valence-electron chi connectivity index (χ0n) is 12.5. The van der Waals surface area contributed by atoms with E-state index in [2.05, 4.69) is 10.3 Å². The highest BCUT2D eigenvalue weighted by Crippen LogP contribution is 2.27. The Kier molecular flexibility index (Phi) is 4.48. The summed E-state index contributed by atoms with van der Waals surface area (Å²) in [5, 5.41) is 11.8. The van der Waals surface area contributed by atoms with Gasteiger partial charge < -0.3 is 14.8 Å². The van der Waals surface area contributed by atoms with Crippen LogP contribution < -0.4 is 5.32 Å². The Morgan fingerprint density at radius 2 is 1.88 bits per heavy atom. The van der Waals surface area contributed by atoms with Crippen molar-refractivity contribution in [3.8, 4) is 11.5 Å². The second-order valence-electron chi connectivity index (χ2n) is 5.15. The summed E-state index contributed by atoms with van der Waals surface area (Å²) in [6.45, 7) is 0. The summed E-state index contributed by atoms with van der Waals surface area (Å²) < 4.78 is 5.67. The molecule has 3 aromatic rings. The average Bonchev–Trinajstić information content (AvgIpc) is 2.96. The highest BCUT2D eigenvalue weighted by Gasteiger charge is 2.10. The number of oxazole rings is 1. The maximum atomic E-state index is 11.6. The quantitative estimate of drug-likeness (QED) is 0.731. The van der Waals surface area contributed by atoms with E-state index in [4.69, 9.17) is 21.1 Å². The minimum absolute atomic E-state index is 0.0665. The van der Waals surface area contributed by atoms with E-state index in [0.717, 1.165) is 5.56 Å². The first-order valence-electron chi connectivity index (χ1n) is 7.19. The van der Waals surface area contributed by atoms with Crippen molar-refractivity contribution in [3.63, 3.8) is 0 Å². The molecule has 1 aromatic heterocycles. The van der Waals surface area contributed by atoms with Crippen LogP contribution in [0.3, 0.4) is 0 Å². The number of rotatable bonds is 5. The maximum Gasteiger partial charge on any atom is 0.303 e. The van der Waals surface area contributed by atoms with Crippen molar-refractivity contribution in [1.29, 1.82) is 0 Å². The summed E-state index contributed by atoms with van der Waals surface area (Å²) >= 11 is 5.92. The molecule has 1 heterocycles. The molecule has 2 N–H and O–H groups in total. The zero-order valence-corrected chi connectivity index (χ0v) is 13.2. The van der Waals surface area contributed by atoms with Gasteiger partial charge in [-0.2, -0.15) is 0 Å². The number of hydrogen-bond donors (Lipinski definition) is 2. The van der Waals surface area contributed by atoms with Crippen LogP contribution in [0.2, 0.25) is 5.02 Å². The molecule has 7 heteroatoms. The summed E-state index contributed by atoms with van der Waals surface area (Å²) in [7, 11) is 0. The largest absolute Gasteiger partial charge is 0.481 e. The number of carbonyl (C=O) groups is 2. The monoisotopic (exact) mass is 344 g/mol. The summed E-state index contributed by atoms with van der Waals surface area (Å²) in [6, 6.07) is 12.2. The van der Waals surface area contributed by atoms with E-state index < -0.39 is 5.97 Å². The molecule has 0 aliphatic rings. The van der Waals surface area contributed by atoms with Crippen LogP contribution in [0.1, 0.15) is 12.8 Å². The lowest BCUT2D eigenvalue weighted by atomic mass is 10.2.